The minimum atomic E-state index is 0. The summed E-state index contributed by atoms with van der Waals surface area (Å²) in [4.78, 5) is 9.34. The first kappa shape index (κ1) is 22.6. The fourth-order valence-corrected chi connectivity index (χ4v) is 3.40. The molecule has 2 heterocycles. The van der Waals surface area contributed by atoms with Gasteiger partial charge in [-0.1, -0.05) is 31.2 Å². The van der Waals surface area contributed by atoms with Crippen molar-refractivity contribution in [2.24, 2.45) is 4.99 Å². The highest BCUT2D eigenvalue weighted by atomic mass is 127. The molecule has 0 spiro atoms. The number of benzene rings is 1. The summed E-state index contributed by atoms with van der Waals surface area (Å²) in [5, 5.41) is 11.5. The molecule has 7 nitrogen and oxygen atoms in total. The van der Waals surface area contributed by atoms with Gasteiger partial charge in [0.05, 0.1) is 13.1 Å². The molecule has 0 amide bonds. The van der Waals surface area contributed by atoms with E-state index in [2.05, 4.69) is 58.8 Å². The third-order valence-corrected chi connectivity index (χ3v) is 4.77. The Labute approximate surface area is 184 Å². The van der Waals surface area contributed by atoms with Gasteiger partial charge in [0.2, 0.25) is 0 Å². The Hall–Kier alpha value is -1.68. The second-order valence-electron chi connectivity index (χ2n) is 6.76. The standard InChI is InChI=1S/C20H30N6O.HI/c1-4-15-8-6-7-9-16(15)12-22-20(21-5-2)23-17-10-11-19-24-18(14-27-3)25-26(19)13-17;/h6-9,17H,4-5,10-14H2,1-3H3,(H2,21,22,23);1H. The molecule has 154 valence electrons. The second kappa shape index (κ2) is 11.4. The molecule has 0 bridgehead atoms. The Kier molecular flexibility index (Phi) is 9.17. The molecule has 28 heavy (non-hydrogen) atoms. The summed E-state index contributed by atoms with van der Waals surface area (Å²) in [5.41, 5.74) is 2.64. The summed E-state index contributed by atoms with van der Waals surface area (Å²) < 4.78 is 7.13. The van der Waals surface area contributed by atoms with E-state index < -0.39 is 0 Å². The number of aryl methyl sites for hydroxylation is 2. The minimum absolute atomic E-state index is 0. The monoisotopic (exact) mass is 498 g/mol. The van der Waals surface area contributed by atoms with Crippen molar-refractivity contribution in [3.63, 3.8) is 0 Å². The fraction of sp³-hybridized carbons (Fsp3) is 0.550. The molecule has 3 rings (SSSR count). The third-order valence-electron chi connectivity index (χ3n) is 4.77. The summed E-state index contributed by atoms with van der Waals surface area (Å²) in [6, 6.07) is 8.79. The number of rotatable bonds is 7. The van der Waals surface area contributed by atoms with Crippen molar-refractivity contribution < 1.29 is 4.74 Å². The number of aromatic nitrogens is 3. The summed E-state index contributed by atoms with van der Waals surface area (Å²) in [7, 11) is 1.67. The first-order valence-corrected chi connectivity index (χ1v) is 9.76. The largest absolute Gasteiger partial charge is 0.377 e. The Morgan fingerprint density at radius 2 is 2.07 bits per heavy atom. The first-order chi connectivity index (χ1) is 13.2. The highest BCUT2D eigenvalue weighted by molar-refractivity contribution is 14.0. The van der Waals surface area contributed by atoms with Crippen molar-refractivity contribution in [2.45, 2.75) is 58.8 Å². The normalized spacial score (nSPS) is 16.2. The molecule has 1 aliphatic heterocycles. The number of guanidine groups is 1. The summed E-state index contributed by atoms with van der Waals surface area (Å²) in [6.45, 7) is 7.03. The SMILES string of the molecule is CCNC(=NCc1ccccc1CC)NC1CCc2nc(COC)nn2C1.I. The van der Waals surface area contributed by atoms with Gasteiger partial charge in [-0.05, 0) is 30.9 Å². The van der Waals surface area contributed by atoms with E-state index in [9.17, 15) is 0 Å². The van der Waals surface area contributed by atoms with Crippen molar-refractivity contribution in [2.75, 3.05) is 13.7 Å². The van der Waals surface area contributed by atoms with Crippen LogP contribution in [-0.4, -0.2) is 40.4 Å². The van der Waals surface area contributed by atoms with Gasteiger partial charge in [0.25, 0.3) is 0 Å². The maximum Gasteiger partial charge on any atom is 0.191 e. The lowest BCUT2D eigenvalue weighted by atomic mass is 10.1. The van der Waals surface area contributed by atoms with Crippen molar-refractivity contribution in [1.82, 2.24) is 25.4 Å². The van der Waals surface area contributed by atoms with Crippen LogP contribution in [0.5, 0.6) is 0 Å². The molecule has 0 fully saturated rings. The van der Waals surface area contributed by atoms with E-state index in [1.54, 1.807) is 7.11 Å². The van der Waals surface area contributed by atoms with Crippen molar-refractivity contribution in [3.05, 3.63) is 47.0 Å². The molecule has 0 radical (unpaired) electrons. The Morgan fingerprint density at radius 3 is 2.79 bits per heavy atom. The van der Waals surface area contributed by atoms with E-state index in [0.717, 1.165) is 50.0 Å². The highest BCUT2D eigenvalue weighted by Crippen LogP contribution is 2.14. The zero-order chi connectivity index (χ0) is 19.1. The van der Waals surface area contributed by atoms with E-state index in [1.165, 1.54) is 11.1 Å². The average Bonchev–Trinajstić information content (AvgIpc) is 3.08. The van der Waals surface area contributed by atoms with Crippen molar-refractivity contribution in [1.29, 1.82) is 0 Å². The number of ether oxygens (including phenoxy) is 1. The van der Waals surface area contributed by atoms with Crippen LogP contribution in [0.1, 0.15) is 43.0 Å². The van der Waals surface area contributed by atoms with E-state index >= 15 is 0 Å². The molecule has 0 aliphatic carbocycles. The topological polar surface area (TPSA) is 76.4 Å². The number of nitrogens with one attached hydrogen (secondary N) is 2. The third kappa shape index (κ3) is 5.91. The van der Waals surface area contributed by atoms with Gasteiger partial charge in [0.1, 0.15) is 12.4 Å². The second-order valence-corrected chi connectivity index (χ2v) is 6.76. The molecule has 1 unspecified atom stereocenters. The maximum atomic E-state index is 5.14. The smallest absolute Gasteiger partial charge is 0.191 e. The van der Waals surface area contributed by atoms with Crippen LogP contribution in [0.2, 0.25) is 0 Å². The molecular weight excluding hydrogens is 467 g/mol. The van der Waals surface area contributed by atoms with Crippen LogP contribution in [0.15, 0.2) is 29.3 Å². The molecule has 0 saturated carbocycles. The van der Waals surface area contributed by atoms with E-state index in [-0.39, 0.29) is 30.0 Å². The van der Waals surface area contributed by atoms with Crippen LogP contribution in [-0.2, 0) is 37.3 Å². The fourth-order valence-electron chi connectivity index (χ4n) is 3.40. The van der Waals surface area contributed by atoms with Gasteiger partial charge >= 0.3 is 0 Å². The molecule has 1 atom stereocenters. The number of halogens is 1. The number of hydrogen-bond donors (Lipinski definition) is 2. The molecule has 2 N–H and O–H groups in total. The van der Waals surface area contributed by atoms with Crippen LogP contribution in [0.4, 0.5) is 0 Å². The highest BCUT2D eigenvalue weighted by Gasteiger charge is 2.22. The molecule has 1 aromatic carbocycles. The maximum absolute atomic E-state index is 5.14. The predicted molar refractivity (Wildman–Crippen MR) is 122 cm³/mol. The number of methoxy groups -OCH3 is 1. The van der Waals surface area contributed by atoms with Gasteiger partial charge in [-0.3, -0.25) is 0 Å². The van der Waals surface area contributed by atoms with Crippen LogP contribution in [0.3, 0.4) is 0 Å². The zero-order valence-corrected chi connectivity index (χ0v) is 19.3. The van der Waals surface area contributed by atoms with Gasteiger partial charge in [0, 0.05) is 26.1 Å². The summed E-state index contributed by atoms with van der Waals surface area (Å²) in [5.74, 6) is 2.65. The van der Waals surface area contributed by atoms with Gasteiger partial charge in [-0.25, -0.2) is 14.7 Å². The molecule has 1 aliphatic rings. The molecule has 0 saturated heterocycles. The molecule has 2 aromatic rings. The number of fused-ring (bicyclic) bond motifs is 1. The van der Waals surface area contributed by atoms with E-state index in [4.69, 9.17) is 9.73 Å². The zero-order valence-electron chi connectivity index (χ0n) is 16.9. The van der Waals surface area contributed by atoms with E-state index in [1.807, 2.05) is 4.68 Å². The van der Waals surface area contributed by atoms with Gasteiger partial charge in [-0.15, -0.1) is 24.0 Å². The van der Waals surface area contributed by atoms with Crippen LogP contribution in [0.25, 0.3) is 0 Å². The van der Waals surface area contributed by atoms with E-state index in [0.29, 0.717) is 13.2 Å². The Morgan fingerprint density at radius 1 is 1.29 bits per heavy atom. The Bertz CT molecular complexity index is 776. The van der Waals surface area contributed by atoms with Gasteiger partial charge in [0.15, 0.2) is 11.8 Å². The minimum Gasteiger partial charge on any atom is -0.377 e. The number of hydrogen-bond acceptors (Lipinski definition) is 4. The number of aliphatic imine (C=N–C) groups is 1. The van der Waals surface area contributed by atoms with Crippen LogP contribution in [0, 0.1) is 0 Å². The van der Waals surface area contributed by atoms with Gasteiger partial charge in [-0.2, -0.15) is 5.10 Å². The molecule has 8 heteroatoms. The lowest BCUT2D eigenvalue weighted by molar-refractivity contribution is 0.177. The summed E-state index contributed by atoms with van der Waals surface area (Å²) >= 11 is 0. The van der Waals surface area contributed by atoms with Crippen molar-refractivity contribution in [3.8, 4) is 0 Å². The quantitative estimate of drug-likeness (QED) is 0.349. The predicted octanol–water partition coefficient (Wildman–Crippen LogP) is 2.68. The van der Waals surface area contributed by atoms with Crippen LogP contribution < -0.4 is 10.6 Å². The number of nitrogens with zero attached hydrogens (tertiary/aromatic N) is 4. The lowest BCUT2D eigenvalue weighted by Gasteiger charge is -2.25. The molecule has 1 aromatic heterocycles. The average molecular weight is 498 g/mol. The Balaban J connectivity index is 0.00000280. The van der Waals surface area contributed by atoms with Crippen LogP contribution >= 0.6 is 24.0 Å². The molecular formula is C20H31IN6O. The summed E-state index contributed by atoms with van der Waals surface area (Å²) in [6.07, 6.45) is 2.95. The van der Waals surface area contributed by atoms with Gasteiger partial charge < -0.3 is 15.4 Å². The lowest BCUT2D eigenvalue weighted by Crippen LogP contribution is -2.47. The van der Waals surface area contributed by atoms with Crippen molar-refractivity contribution >= 4 is 29.9 Å². The first-order valence-electron chi connectivity index (χ1n) is 9.76.